The minimum atomic E-state index is -3.95. The number of hydrogen-bond donors (Lipinski definition) is 3. The number of aromatic amines is 1. The summed E-state index contributed by atoms with van der Waals surface area (Å²) in [5.41, 5.74) is 1.55. The molecule has 1 aromatic carbocycles. The molecule has 36 heavy (non-hydrogen) atoms. The number of aromatic nitrogens is 2. The highest BCUT2D eigenvalue weighted by Crippen LogP contribution is 2.32. The van der Waals surface area contributed by atoms with E-state index in [4.69, 9.17) is 11.6 Å². The van der Waals surface area contributed by atoms with Crippen LogP contribution in [0.25, 0.3) is 10.9 Å². The average molecular weight is 551 g/mol. The number of halogens is 1. The lowest BCUT2D eigenvalue weighted by Crippen LogP contribution is -2.61. The molecule has 2 aliphatic heterocycles. The van der Waals surface area contributed by atoms with E-state index in [1.165, 1.54) is 33.7 Å². The van der Waals surface area contributed by atoms with Crippen LogP contribution in [0.3, 0.4) is 0 Å². The summed E-state index contributed by atoms with van der Waals surface area (Å²) in [6.45, 7) is 4.75. The van der Waals surface area contributed by atoms with Crippen molar-refractivity contribution in [3.8, 4) is 0 Å². The Bertz CT molecular complexity index is 1450. The Kier molecular flexibility index (Phi) is 6.58. The predicted molar refractivity (Wildman–Crippen MR) is 138 cm³/mol. The highest BCUT2D eigenvalue weighted by Gasteiger charge is 2.41. The van der Waals surface area contributed by atoms with E-state index in [0.717, 1.165) is 10.6 Å². The van der Waals surface area contributed by atoms with Crippen molar-refractivity contribution in [2.75, 3.05) is 26.7 Å². The minimum absolute atomic E-state index is 0.0124. The molecule has 2 aliphatic rings. The number of hydrogen-bond acceptors (Lipinski definition) is 7. The van der Waals surface area contributed by atoms with Crippen LogP contribution in [0.15, 0.2) is 29.3 Å². The van der Waals surface area contributed by atoms with Crippen molar-refractivity contribution in [2.45, 2.75) is 43.4 Å². The first kappa shape index (κ1) is 25.2. The molecule has 0 radical (unpaired) electrons. The molecule has 13 heteroatoms. The standard InChI is InChI=1S/C23H27ClN6O4S2/c1-12-13(2)26-10-18-20(12)28-22(35-18)23(32)30-7-6-29(11-17(30)21(31)25-3)36(33,34)19-9-14-8-15(24)4-5-16(14)27-19/h4-5,8-9,12-13,17,26-27H,6-7,10-11H2,1-3H3,(H,25,31). The number of H-pyrrole nitrogens is 1. The number of thiazole rings is 1. The molecule has 3 unspecified atom stereocenters. The molecule has 0 spiro atoms. The highest BCUT2D eigenvalue weighted by atomic mass is 35.5. The van der Waals surface area contributed by atoms with Crippen LogP contribution in [0.5, 0.6) is 0 Å². The fraction of sp³-hybridized carbons (Fsp3) is 0.435. The highest BCUT2D eigenvalue weighted by molar-refractivity contribution is 7.89. The monoisotopic (exact) mass is 550 g/mol. The van der Waals surface area contributed by atoms with E-state index in [2.05, 4.69) is 34.4 Å². The second-order valence-electron chi connectivity index (χ2n) is 9.14. The number of rotatable bonds is 4. The third-order valence-corrected chi connectivity index (χ3v) is 10.1. The number of amides is 2. The SMILES string of the molecule is CNC(=O)C1CN(S(=O)(=O)c2cc3cc(Cl)ccc3[nH]2)CCN1C(=O)c1nc2c(s1)CNC(C)C2C. The lowest BCUT2D eigenvalue weighted by molar-refractivity contribution is -0.126. The molecule has 10 nitrogen and oxygen atoms in total. The minimum Gasteiger partial charge on any atom is -0.357 e. The Balaban J connectivity index is 1.41. The number of nitrogens with zero attached hydrogens (tertiary/aromatic N) is 3. The van der Waals surface area contributed by atoms with Gasteiger partial charge in [0.05, 0.1) is 5.69 Å². The van der Waals surface area contributed by atoms with Gasteiger partial charge in [0.25, 0.3) is 15.9 Å². The van der Waals surface area contributed by atoms with Gasteiger partial charge >= 0.3 is 0 Å². The van der Waals surface area contributed by atoms with Gasteiger partial charge in [-0.3, -0.25) is 9.59 Å². The van der Waals surface area contributed by atoms with Crippen LogP contribution in [0.1, 0.15) is 40.1 Å². The Morgan fingerprint density at radius 2 is 2.00 bits per heavy atom. The first-order valence-electron chi connectivity index (χ1n) is 11.6. The Morgan fingerprint density at radius 3 is 2.75 bits per heavy atom. The van der Waals surface area contributed by atoms with Crippen LogP contribution in [-0.2, 0) is 21.4 Å². The smallest absolute Gasteiger partial charge is 0.283 e. The maximum Gasteiger partial charge on any atom is 0.283 e. The second kappa shape index (κ2) is 9.42. The Hall–Kier alpha value is -2.51. The maximum absolute atomic E-state index is 13.5. The van der Waals surface area contributed by atoms with Crippen LogP contribution in [0, 0.1) is 0 Å². The topological polar surface area (TPSA) is 128 Å². The molecule has 2 aromatic heterocycles. The van der Waals surface area contributed by atoms with E-state index in [9.17, 15) is 18.0 Å². The summed E-state index contributed by atoms with van der Waals surface area (Å²) in [4.78, 5) is 36.3. The average Bonchev–Trinajstić information content (AvgIpc) is 3.50. The summed E-state index contributed by atoms with van der Waals surface area (Å²) in [7, 11) is -2.48. The molecule has 2 amide bonds. The van der Waals surface area contributed by atoms with Crippen molar-refractivity contribution in [3.63, 3.8) is 0 Å². The van der Waals surface area contributed by atoms with Crippen molar-refractivity contribution in [1.82, 2.24) is 29.8 Å². The summed E-state index contributed by atoms with van der Waals surface area (Å²) in [5.74, 6) is -0.633. The van der Waals surface area contributed by atoms with E-state index in [1.807, 2.05) is 0 Å². The van der Waals surface area contributed by atoms with Crippen molar-refractivity contribution < 1.29 is 18.0 Å². The fourth-order valence-corrected chi connectivity index (χ4v) is 7.40. The molecule has 0 bridgehead atoms. The Labute approximate surface area is 218 Å². The molecule has 192 valence electrons. The number of carbonyl (C=O) groups is 2. The first-order valence-corrected chi connectivity index (χ1v) is 14.3. The third kappa shape index (κ3) is 4.30. The van der Waals surface area contributed by atoms with Gasteiger partial charge in [-0.1, -0.05) is 18.5 Å². The zero-order valence-corrected chi connectivity index (χ0v) is 22.4. The van der Waals surface area contributed by atoms with Gasteiger partial charge in [-0.05, 0) is 31.2 Å². The van der Waals surface area contributed by atoms with Gasteiger partial charge in [0.1, 0.15) is 11.1 Å². The molecule has 0 saturated carbocycles. The van der Waals surface area contributed by atoms with Gasteiger partial charge < -0.3 is 20.5 Å². The van der Waals surface area contributed by atoms with Crippen LogP contribution in [0.2, 0.25) is 5.02 Å². The van der Waals surface area contributed by atoms with Gasteiger partial charge in [-0.15, -0.1) is 11.3 Å². The molecule has 3 aromatic rings. The zero-order chi connectivity index (χ0) is 25.8. The van der Waals surface area contributed by atoms with Crippen molar-refractivity contribution in [3.05, 3.63) is 44.9 Å². The van der Waals surface area contributed by atoms with Crippen molar-refractivity contribution >= 4 is 55.7 Å². The van der Waals surface area contributed by atoms with Crippen LogP contribution >= 0.6 is 22.9 Å². The number of nitrogens with one attached hydrogen (secondary N) is 3. The number of benzene rings is 1. The van der Waals surface area contributed by atoms with E-state index in [1.54, 1.807) is 18.2 Å². The number of fused-ring (bicyclic) bond motifs is 2. The summed E-state index contributed by atoms with van der Waals surface area (Å²) in [6.07, 6.45) is 0. The van der Waals surface area contributed by atoms with Gasteiger partial charge in [0.2, 0.25) is 5.91 Å². The molecular weight excluding hydrogens is 524 g/mol. The fourth-order valence-electron chi connectivity index (χ4n) is 4.69. The molecule has 5 rings (SSSR count). The van der Waals surface area contributed by atoms with Gasteiger partial charge in [-0.25, -0.2) is 13.4 Å². The maximum atomic E-state index is 13.5. The quantitative estimate of drug-likeness (QED) is 0.457. The van der Waals surface area contributed by atoms with E-state index in [-0.39, 0.29) is 42.5 Å². The summed E-state index contributed by atoms with van der Waals surface area (Å²) in [5, 5.41) is 7.48. The summed E-state index contributed by atoms with van der Waals surface area (Å²) in [6, 6.07) is 5.86. The van der Waals surface area contributed by atoms with Gasteiger partial charge in [-0.2, -0.15) is 4.31 Å². The number of carbonyl (C=O) groups excluding carboxylic acids is 2. The molecule has 0 aliphatic carbocycles. The summed E-state index contributed by atoms with van der Waals surface area (Å²) >= 11 is 7.37. The number of piperazine rings is 1. The lowest BCUT2D eigenvalue weighted by Gasteiger charge is -2.39. The van der Waals surface area contributed by atoms with Gasteiger partial charge in [0, 0.05) is 66.0 Å². The largest absolute Gasteiger partial charge is 0.357 e. The predicted octanol–water partition coefficient (Wildman–Crippen LogP) is 2.13. The van der Waals surface area contributed by atoms with Crippen LogP contribution in [-0.4, -0.2) is 78.2 Å². The van der Waals surface area contributed by atoms with E-state index in [0.29, 0.717) is 27.5 Å². The number of sulfonamides is 1. The normalized spacial score (nSPS) is 23.0. The number of likely N-dealkylation sites (N-methyl/N-ethyl adjacent to an activating group) is 1. The van der Waals surface area contributed by atoms with Gasteiger partial charge in [0.15, 0.2) is 5.01 Å². The molecule has 1 saturated heterocycles. The molecule has 1 fully saturated rings. The second-order valence-corrected chi connectivity index (χ2v) is 12.6. The zero-order valence-electron chi connectivity index (χ0n) is 20.0. The first-order chi connectivity index (χ1) is 17.1. The van der Waals surface area contributed by atoms with Crippen LogP contribution < -0.4 is 10.6 Å². The third-order valence-electron chi connectivity index (χ3n) is 7.01. The molecule has 3 atom stereocenters. The van der Waals surface area contributed by atoms with Crippen LogP contribution in [0.4, 0.5) is 0 Å². The Morgan fingerprint density at radius 1 is 1.22 bits per heavy atom. The van der Waals surface area contributed by atoms with Crippen molar-refractivity contribution in [2.24, 2.45) is 0 Å². The lowest BCUT2D eigenvalue weighted by atomic mass is 9.95. The van der Waals surface area contributed by atoms with Crippen molar-refractivity contribution in [1.29, 1.82) is 0 Å². The molecule has 4 heterocycles. The van der Waals surface area contributed by atoms with E-state index < -0.39 is 22.0 Å². The molecule has 3 N–H and O–H groups in total. The summed E-state index contributed by atoms with van der Waals surface area (Å²) < 4.78 is 28.1. The van der Waals surface area contributed by atoms with E-state index >= 15 is 0 Å². The molecular formula is C23H27ClN6O4S2.